The molecule has 0 amide bonds. The third-order valence-electron chi connectivity index (χ3n) is 4.29. The quantitative estimate of drug-likeness (QED) is 0.861. The molecule has 1 aromatic carbocycles. The molecule has 6 heteroatoms. The Balaban J connectivity index is 2.15. The summed E-state index contributed by atoms with van der Waals surface area (Å²) in [6.45, 7) is 8.07. The van der Waals surface area contributed by atoms with Gasteiger partial charge in [-0.3, -0.25) is 0 Å². The van der Waals surface area contributed by atoms with E-state index in [1.807, 2.05) is 26.8 Å². The minimum atomic E-state index is -3.42. The molecule has 0 saturated carbocycles. The Morgan fingerprint density at radius 3 is 2.38 bits per heavy atom. The molecule has 114 valence electrons. The van der Waals surface area contributed by atoms with Gasteiger partial charge in [0.2, 0.25) is 10.0 Å². The summed E-state index contributed by atoms with van der Waals surface area (Å²) in [5, 5.41) is 8.94. The summed E-state index contributed by atoms with van der Waals surface area (Å²) in [7, 11) is -3.42. The van der Waals surface area contributed by atoms with Crippen LogP contribution in [0.4, 0.5) is 0 Å². The minimum Gasteiger partial charge on any atom is -0.319 e. The lowest BCUT2D eigenvalue weighted by Crippen LogP contribution is -3.17. The van der Waals surface area contributed by atoms with E-state index < -0.39 is 10.0 Å². The highest BCUT2D eigenvalue weighted by Gasteiger charge is 2.32. The van der Waals surface area contributed by atoms with Gasteiger partial charge in [-0.1, -0.05) is 6.07 Å². The Hall–Kier alpha value is -1.42. The van der Waals surface area contributed by atoms with Gasteiger partial charge in [0.25, 0.3) is 0 Å². The molecule has 0 spiro atoms. The molecule has 1 aliphatic heterocycles. The number of piperazine rings is 1. The molecular formula is C15H22N3O2S+. The topological polar surface area (TPSA) is 65.6 Å². The zero-order valence-electron chi connectivity index (χ0n) is 12.8. The number of sulfonamides is 1. The first-order valence-corrected chi connectivity index (χ1v) is 8.62. The maximum Gasteiger partial charge on any atom is 0.243 e. The fraction of sp³-hybridized carbons (Fsp3) is 0.533. The van der Waals surface area contributed by atoms with Gasteiger partial charge in [0.15, 0.2) is 6.04 Å². The van der Waals surface area contributed by atoms with Gasteiger partial charge in [-0.2, -0.15) is 9.57 Å². The van der Waals surface area contributed by atoms with E-state index in [4.69, 9.17) is 5.26 Å². The van der Waals surface area contributed by atoms with Gasteiger partial charge in [-0.25, -0.2) is 8.42 Å². The molecule has 0 unspecified atom stereocenters. The van der Waals surface area contributed by atoms with Crippen molar-refractivity contribution in [1.82, 2.24) is 4.31 Å². The molecule has 0 bridgehead atoms. The van der Waals surface area contributed by atoms with E-state index in [-0.39, 0.29) is 6.04 Å². The van der Waals surface area contributed by atoms with E-state index in [1.165, 1.54) is 4.31 Å². The van der Waals surface area contributed by atoms with Crippen LogP contribution in [0.5, 0.6) is 0 Å². The Morgan fingerprint density at radius 2 is 1.86 bits per heavy atom. The fourth-order valence-corrected chi connectivity index (χ4v) is 4.09. The van der Waals surface area contributed by atoms with Crippen LogP contribution in [0.15, 0.2) is 23.1 Å². The zero-order valence-corrected chi connectivity index (χ0v) is 13.6. The van der Waals surface area contributed by atoms with Crippen LogP contribution < -0.4 is 4.90 Å². The third-order valence-corrected chi connectivity index (χ3v) is 6.18. The number of benzene rings is 1. The first kappa shape index (κ1) is 16.0. The van der Waals surface area contributed by atoms with Crippen molar-refractivity contribution in [3.05, 3.63) is 29.3 Å². The van der Waals surface area contributed by atoms with E-state index >= 15 is 0 Å². The molecule has 0 aromatic heterocycles. The molecule has 1 saturated heterocycles. The Morgan fingerprint density at radius 1 is 1.24 bits per heavy atom. The summed E-state index contributed by atoms with van der Waals surface area (Å²) in [6.07, 6.45) is 0. The van der Waals surface area contributed by atoms with Gasteiger partial charge in [0, 0.05) is 6.92 Å². The van der Waals surface area contributed by atoms with Crippen molar-refractivity contribution in [1.29, 1.82) is 5.26 Å². The molecule has 0 radical (unpaired) electrons. The van der Waals surface area contributed by atoms with Gasteiger partial charge in [0.05, 0.1) is 31.1 Å². The molecule has 1 fully saturated rings. The van der Waals surface area contributed by atoms with Crippen LogP contribution >= 0.6 is 0 Å². The summed E-state index contributed by atoms with van der Waals surface area (Å²) >= 11 is 0. The van der Waals surface area contributed by atoms with Crippen molar-refractivity contribution in [2.45, 2.75) is 31.7 Å². The molecule has 1 atom stereocenters. The Labute approximate surface area is 126 Å². The number of hydrogen-bond acceptors (Lipinski definition) is 3. The first-order chi connectivity index (χ1) is 9.86. The van der Waals surface area contributed by atoms with Crippen LogP contribution in [-0.2, 0) is 10.0 Å². The lowest BCUT2D eigenvalue weighted by Gasteiger charge is -2.32. The van der Waals surface area contributed by atoms with Gasteiger partial charge in [-0.05, 0) is 37.1 Å². The molecule has 5 nitrogen and oxygen atoms in total. The average Bonchev–Trinajstić information content (AvgIpc) is 2.49. The van der Waals surface area contributed by atoms with Crippen LogP contribution in [0.25, 0.3) is 0 Å². The highest BCUT2D eigenvalue weighted by molar-refractivity contribution is 7.89. The predicted molar refractivity (Wildman–Crippen MR) is 80.4 cm³/mol. The fourth-order valence-electron chi connectivity index (χ4n) is 2.56. The van der Waals surface area contributed by atoms with Crippen molar-refractivity contribution in [3.63, 3.8) is 0 Å². The van der Waals surface area contributed by atoms with Gasteiger partial charge in [-0.15, -0.1) is 0 Å². The van der Waals surface area contributed by atoms with E-state index in [1.54, 1.807) is 12.1 Å². The second-order valence-corrected chi connectivity index (χ2v) is 7.60. The minimum absolute atomic E-state index is 0.0866. The van der Waals surface area contributed by atoms with Gasteiger partial charge >= 0.3 is 0 Å². The Kier molecular flexibility index (Phi) is 4.67. The molecule has 1 aromatic rings. The molecule has 1 aliphatic rings. The number of nitrogens with zero attached hydrogens (tertiary/aromatic N) is 2. The summed E-state index contributed by atoms with van der Waals surface area (Å²) in [5.41, 5.74) is 2.07. The van der Waals surface area contributed by atoms with Crippen molar-refractivity contribution < 1.29 is 13.3 Å². The molecule has 21 heavy (non-hydrogen) atoms. The monoisotopic (exact) mass is 308 g/mol. The molecule has 1 N–H and O–H groups in total. The van der Waals surface area contributed by atoms with Crippen molar-refractivity contribution in [2.75, 3.05) is 26.2 Å². The summed E-state index contributed by atoms with van der Waals surface area (Å²) < 4.78 is 26.8. The average molecular weight is 308 g/mol. The number of quaternary nitrogens is 1. The molecule has 2 rings (SSSR count). The zero-order chi connectivity index (χ0) is 15.6. The van der Waals surface area contributed by atoms with E-state index in [9.17, 15) is 8.42 Å². The lowest BCUT2D eigenvalue weighted by atomic mass is 10.1. The first-order valence-electron chi connectivity index (χ1n) is 7.18. The van der Waals surface area contributed by atoms with Crippen LogP contribution in [0.1, 0.15) is 18.1 Å². The molecular weight excluding hydrogens is 286 g/mol. The number of nitrogens with one attached hydrogen (secondary N) is 1. The molecule has 1 heterocycles. The Bertz CT molecular complexity index is 656. The highest BCUT2D eigenvalue weighted by Crippen LogP contribution is 2.19. The van der Waals surface area contributed by atoms with Crippen LogP contribution in [-0.4, -0.2) is 44.9 Å². The standard InChI is InChI=1S/C15H21N3O2S/c1-12-4-5-15(10-13(12)2)21(19,20)18-8-6-17(7-9-18)14(3)11-16/h4-5,10,14H,6-9H2,1-3H3/p+1/t14-/m0/s1. The van der Waals surface area contributed by atoms with Crippen LogP contribution in [0.2, 0.25) is 0 Å². The third kappa shape index (κ3) is 3.26. The molecule has 0 aliphatic carbocycles. The smallest absolute Gasteiger partial charge is 0.243 e. The second-order valence-electron chi connectivity index (χ2n) is 5.66. The van der Waals surface area contributed by atoms with Crippen molar-refractivity contribution in [3.8, 4) is 6.07 Å². The largest absolute Gasteiger partial charge is 0.319 e. The van der Waals surface area contributed by atoms with Crippen LogP contribution in [0, 0.1) is 25.2 Å². The van der Waals surface area contributed by atoms with Gasteiger partial charge in [0.1, 0.15) is 6.07 Å². The van der Waals surface area contributed by atoms with E-state index in [2.05, 4.69) is 6.07 Å². The van der Waals surface area contributed by atoms with E-state index in [0.717, 1.165) is 16.0 Å². The number of nitriles is 1. The number of hydrogen-bond donors (Lipinski definition) is 1. The normalized spacial score (nSPS) is 19.1. The van der Waals surface area contributed by atoms with Gasteiger partial charge < -0.3 is 4.90 Å². The summed E-state index contributed by atoms with van der Waals surface area (Å²) in [4.78, 5) is 1.52. The number of aryl methyl sites for hydroxylation is 2. The SMILES string of the molecule is Cc1ccc(S(=O)(=O)N2CC[NH+]([C@@H](C)C#N)CC2)cc1C. The second kappa shape index (κ2) is 6.14. The van der Waals surface area contributed by atoms with Crippen LogP contribution in [0.3, 0.4) is 0 Å². The summed E-state index contributed by atoms with van der Waals surface area (Å²) in [6, 6.07) is 7.40. The van der Waals surface area contributed by atoms with E-state index in [0.29, 0.717) is 31.1 Å². The highest BCUT2D eigenvalue weighted by atomic mass is 32.2. The lowest BCUT2D eigenvalue weighted by molar-refractivity contribution is -0.918. The number of rotatable bonds is 3. The maximum atomic E-state index is 12.6. The van der Waals surface area contributed by atoms with Crippen molar-refractivity contribution in [2.24, 2.45) is 0 Å². The summed E-state index contributed by atoms with van der Waals surface area (Å²) in [5.74, 6) is 0. The van der Waals surface area contributed by atoms with Crippen molar-refractivity contribution >= 4 is 10.0 Å². The maximum absolute atomic E-state index is 12.6. The predicted octanol–water partition coefficient (Wildman–Crippen LogP) is 0.105.